The van der Waals surface area contributed by atoms with Crippen LogP contribution in [0.5, 0.6) is 0 Å². The fourth-order valence-corrected chi connectivity index (χ4v) is 5.08. The van der Waals surface area contributed by atoms with E-state index in [1.165, 1.54) is 11.1 Å². The molecule has 9 heteroatoms. The van der Waals surface area contributed by atoms with Gasteiger partial charge in [-0.1, -0.05) is 60.7 Å². The molecule has 2 aromatic rings. The summed E-state index contributed by atoms with van der Waals surface area (Å²) in [6.45, 7) is 4.63. The van der Waals surface area contributed by atoms with Crippen molar-refractivity contribution in [2.45, 2.75) is 18.7 Å². The Bertz CT molecular complexity index is 1140. The Hall–Kier alpha value is -2.85. The first-order valence-corrected chi connectivity index (χ1v) is 12.3. The van der Waals surface area contributed by atoms with Crippen molar-refractivity contribution in [3.05, 3.63) is 82.9 Å². The second-order valence-corrected chi connectivity index (χ2v) is 9.37. The predicted molar refractivity (Wildman–Crippen MR) is 135 cm³/mol. The second kappa shape index (κ2) is 10.2. The van der Waals surface area contributed by atoms with Gasteiger partial charge in [-0.25, -0.2) is 15.0 Å². The third-order valence-corrected chi connectivity index (χ3v) is 6.70. The number of piperazine rings is 1. The van der Waals surface area contributed by atoms with E-state index in [0.29, 0.717) is 35.2 Å². The lowest BCUT2D eigenvalue weighted by Crippen LogP contribution is -2.50. The molecule has 1 atom stereocenters. The molecule has 2 aromatic carbocycles. The number of benzene rings is 2. The van der Waals surface area contributed by atoms with Crippen molar-refractivity contribution in [2.24, 2.45) is 0 Å². The zero-order valence-corrected chi connectivity index (χ0v) is 20.4. The molecule has 8 nitrogen and oxygen atoms in total. The highest BCUT2D eigenvalue weighted by atomic mass is 79.9. The van der Waals surface area contributed by atoms with Gasteiger partial charge < -0.3 is 15.4 Å². The van der Waals surface area contributed by atoms with Crippen LogP contribution in [-0.4, -0.2) is 73.3 Å². The minimum absolute atomic E-state index is 0.230. The summed E-state index contributed by atoms with van der Waals surface area (Å²) in [4.78, 5) is 17.7. The molecule has 34 heavy (non-hydrogen) atoms. The third-order valence-electron chi connectivity index (χ3n) is 6.34. The van der Waals surface area contributed by atoms with Gasteiger partial charge in [-0.05, 0) is 27.1 Å². The van der Waals surface area contributed by atoms with E-state index in [1.807, 2.05) is 4.57 Å². The zero-order valence-electron chi connectivity index (χ0n) is 18.8. The lowest BCUT2D eigenvalue weighted by atomic mass is 9.96. The molecule has 0 aliphatic carbocycles. The molecule has 176 valence electrons. The summed E-state index contributed by atoms with van der Waals surface area (Å²) >= 11 is 3.30. The Morgan fingerprint density at radius 1 is 0.882 bits per heavy atom. The van der Waals surface area contributed by atoms with E-state index < -0.39 is 6.10 Å². The molecule has 1 saturated heterocycles. The van der Waals surface area contributed by atoms with Gasteiger partial charge in [0.2, 0.25) is 0 Å². The summed E-state index contributed by atoms with van der Waals surface area (Å²) in [6.07, 6.45) is 1.06. The zero-order chi connectivity index (χ0) is 23.5. The largest absolute Gasteiger partial charge is 0.390 e. The standard InChI is InChI=1S/C25H28BrN7O/c26-25-29-21-23(27)28-17-33(24(21)30-25)16-20(34)15-31-11-13-32(14-12-31)22(18-7-3-1-4-8-18)19-9-5-2-6-10-19/h1-10,17,20,22,34H,11-16,27H2. The number of hydrogen-bond acceptors (Lipinski definition) is 7. The molecule has 0 bridgehead atoms. The Balaban J connectivity index is 1.22. The van der Waals surface area contributed by atoms with Gasteiger partial charge in [0.1, 0.15) is 0 Å². The highest BCUT2D eigenvalue weighted by Gasteiger charge is 2.27. The van der Waals surface area contributed by atoms with E-state index in [1.54, 1.807) is 6.33 Å². The van der Waals surface area contributed by atoms with Gasteiger partial charge in [0.05, 0.1) is 25.0 Å². The fourth-order valence-electron chi connectivity index (χ4n) is 4.73. The van der Waals surface area contributed by atoms with E-state index in [0.717, 1.165) is 26.2 Å². The summed E-state index contributed by atoms with van der Waals surface area (Å²) in [5, 5.41) is 10.8. The maximum atomic E-state index is 10.8. The topological polar surface area (TPSA) is 96.3 Å². The molecule has 3 aliphatic rings. The molecule has 3 N–H and O–H groups in total. The van der Waals surface area contributed by atoms with E-state index in [2.05, 4.69) is 101 Å². The third kappa shape index (κ3) is 4.97. The number of aliphatic hydroxyl groups is 1. The number of nitrogens with zero attached hydrogens (tertiary/aromatic N) is 6. The minimum Gasteiger partial charge on any atom is -0.390 e. The predicted octanol–water partition coefficient (Wildman–Crippen LogP) is 2.89. The molecular formula is C25H28BrN7O. The molecule has 1 fully saturated rings. The van der Waals surface area contributed by atoms with Crippen LogP contribution in [0.3, 0.4) is 0 Å². The number of anilines is 1. The molecule has 3 aliphatic heterocycles. The molecule has 5 rings (SSSR count). The highest BCUT2D eigenvalue weighted by Crippen LogP contribution is 2.30. The monoisotopic (exact) mass is 521 g/mol. The molecule has 0 aromatic heterocycles. The van der Waals surface area contributed by atoms with Crippen molar-refractivity contribution < 1.29 is 5.11 Å². The van der Waals surface area contributed by atoms with Crippen LogP contribution >= 0.6 is 15.9 Å². The summed E-state index contributed by atoms with van der Waals surface area (Å²) in [5.74, 6) is 0.957. The van der Waals surface area contributed by atoms with E-state index in [4.69, 9.17) is 5.73 Å². The van der Waals surface area contributed by atoms with Crippen LogP contribution in [0.1, 0.15) is 17.2 Å². The molecule has 0 saturated carbocycles. The Labute approximate surface area is 207 Å². The van der Waals surface area contributed by atoms with Gasteiger partial charge in [-0.15, -0.1) is 0 Å². The van der Waals surface area contributed by atoms with E-state index in [-0.39, 0.29) is 6.04 Å². The van der Waals surface area contributed by atoms with Gasteiger partial charge in [-0.2, -0.15) is 0 Å². The molecule has 0 amide bonds. The van der Waals surface area contributed by atoms with Gasteiger partial charge in [0.25, 0.3) is 0 Å². The van der Waals surface area contributed by atoms with E-state index >= 15 is 0 Å². The smallest absolute Gasteiger partial charge is 0.199 e. The normalized spacial score (nSPS) is 16.3. The molecular weight excluding hydrogens is 494 g/mol. The van der Waals surface area contributed by atoms with Crippen molar-refractivity contribution in [3.8, 4) is 11.5 Å². The Kier molecular flexibility index (Phi) is 6.87. The number of imidazole rings is 1. The van der Waals surface area contributed by atoms with Gasteiger partial charge >= 0.3 is 0 Å². The maximum absolute atomic E-state index is 10.8. The van der Waals surface area contributed by atoms with Crippen LogP contribution in [-0.2, 0) is 6.54 Å². The van der Waals surface area contributed by atoms with Crippen LogP contribution in [0.4, 0.5) is 5.82 Å². The van der Waals surface area contributed by atoms with Crippen LogP contribution < -0.4 is 5.73 Å². The van der Waals surface area contributed by atoms with Gasteiger partial charge in [0.15, 0.2) is 22.1 Å². The fraction of sp³-hybridized carbons (Fsp3) is 0.320. The minimum atomic E-state index is -0.556. The number of β-amino-alcohol motifs (C(OH)–C–C–N with tert-alkyl or cyclic N) is 1. The Morgan fingerprint density at radius 2 is 1.50 bits per heavy atom. The summed E-state index contributed by atoms with van der Waals surface area (Å²) in [6, 6.07) is 21.6. The number of aromatic nitrogens is 4. The number of nitrogen functional groups attached to an aromatic ring is 1. The first-order chi connectivity index (χ1) is 16.6. The molecule has 3 heterocycles. The van der Waals surface area contributed by atoms with Crippen molar-refractivity contribution in [1.29, 1.82) is 0 Å². The van der Waals surface area contributed by atoms with Gasteiger partial charge in [-0.3, -0.25) is 9.80 Å². The lowest BCUT2D eigenvalue weighted by molar-refractivity contribution is 0.0555. The number of rotatable bonds is 7. The molecule has 0 radical (unpaired) electrons. The van der Waals surface area contributed by atoms with Crippen LogP contribution in [0.15, 0.2) is 71.7 Å². The number of nitrogens with two attached hydrogens (primary N) is 1. The van der Waals surface area contributed by atoms with Crippen molar-refractivity contribution in [2.75, 3.05) is 38.5 Å². The lowest BCUT2D eigenvalue weighted by Gasteiger charge is -2.40. The maximum Gasteiger partial charge on any atom is 0.199 e. The summed E-state index contributed by atoms with van der Waals surface area (Å²) < 4.78 is 2.28. The summed E-state index contributed by atoms with van der Waals surface area (Å²) in [5.41, 5.74) is 9.07. The first kappa shape index (κ1) is 22.9. The highest BCUT2D eigenvalue weighted by molar-refractivity contribution is 9.10. The average Bonchev–Trinajstić information content (AvgIpc) is 3.26. The van der Waals surface area contributed by atoms with Crippen LogP contribution in [0, 0.1) is 0 Å². The molecule has 0 spiro atoms. The van der Waals surface area contributed by atoms with Crippen molar-refractivity contribution in [3.63, 3.8) is 0 Å². The first-order valence-electron chi connectivity index (χ1n) is 11.5. The van der Waals surface area contributed by atoms with E-state index in [9.17, 15) is 5.11 Å². The molecule has 1 unspecified atom stereocenters. The number of halogens is 1. The van der Waals surface area contributed by atoms with Crippen molar-refractivity contribution >= 4 is 21.7 Å². The SMILES string of the molecule is Nc1ncn(CC(O)CN2CCN(C(c3ccccc3)c3ccccc3)CC2)c2nc(Br)nc1-2. The summed E-state index contributed by atoms with van der Waals surface area (Å²) in [7, 11) is 0. The Morgan fingerprint density at radius 3 is 2.12 bits per heavy atom. The number of aliphatic hydroxyl groups excluding tert-OH is 1. The average molecular weight is 522 g/mol. The second-order valence-electron chi connectivity index (χ2n) is 8.66. The number of fused-ring (bicyclic) bond motifs is 1. The van der Waals surface area contributed by atoms with Crippen LogP contribution in [0.2, 0.25) is 0 Å². The van der Waals surface area contributed by atoms with Crippen molar-refractivity contribution in [1.82, 2.24) is 29.3 Å². The van der Waals surface area contributed by atoms with Crippen LogP contribution in [0.25, 0.3) is 11.5 Å². The number of hydrogen-bond donors (Lipinski definition) is 2. The van der Waals surface area contributed by atoms with Gasteiger partial charge in [0, 0.05) is 32.7 Å². The quantitative estimate of drug-likeness (QED) is 0.361.